The number of aromatic nitrogens is 4. The van der Waals surface area contributed by atoms with Gasteiger partial charge >= 0.3 is 5.69 Å². The van der Waals surface area contributed by atoms with Crippen LogP contribution in [0, 0.1) is 0 Å². The first-order chi connectivity index (χ1) is 7.27. The van der Waals surface area contributed by atoms with E-state index >= 15 is 0 Å². The lowest BCUT2D eigenvalue weighted by atomic mass is 10.2. The highest BCUT2D eigenvalue weighted by atomic mass is 16.2. The van der Waals surface area contributed by atoms with Crippen molar-refractivity contribution in [1.82, 2.24) is 19.8 Å². The van der Waals surface area contributed by atoms with Gasteiger partial charge in [-0.2, -0.15) is 9.61 Å². The van der Waals surface area contributed by atoms with Crippen LogP contribution in [0.15, 0.2) is 33.9 Å². The first-order valence-electron chi connectivity index (χ1n) is 4.36. The zero-order chi connectivity index (χ0) is 10.4. The molecule has 1 aromatic carbocycles. The van der Waals surface area contributed by atoms with Crippen molar-refractivity contribution >= 4 is 16.4 Å². The first-order valence-corrected chi connectivity index (χ1v) is 4.36. The second kappa shape index (κ2) is 2.57. The number of fused-ring (bicyclic) bond motifs is 3. The van der Waals surface area contributed by atoms with E-state index in [1.54, 1.807) is 24.3 Å². The van der Waals surface area contributed by atoms with E-state index in [4.69, 9.17) is 0 Å². The number of nitrogens with zero attached hydrogens (tertiary/aromatic N) is 2. The van der Waals surface area contributed by atoms with Gasteiger partial charge in [0.2, 0.25) is 0 Å². The molecule has 0 radical (unpaired) electrons. The Labute approximate surface area is 82.2 Å². The molecule has 0 atom stereocenters. The molecule has 74 valence electrons. The number of rotatable bonds is 0. The molecule has 0 saturated carbocycles. The van der Waals surface area contributed by atoms with Crippen LogP contribution >= 0.6 is 0 Å². The fraction of sp³-hybridized carbons (Fsp3) is 0. The summed E-state index contributed by atoms with van der Waals surface area (Å²) in [5, 5.41) is 9.18. The second-order valence-electron chi connectivity index (χ2n) is 3.16. The van der Waals surface area contributed by atoms with Crippen molar-refractivity contribution in [2.75, 3.05) is 0 Å². The molecule has 0 aliphatic rings. The van der Waals surface area contributed by atoms with E-state index in [0.717, 1.165) is 4.52 Å². The van der Waals surface area contributed by atoms with Crippen LogP contribution in [0.25, 0.3) is 16.4 Å². The van der Waals surface area contributed by atoms with E-state index < -0.39 is 5.69 Å². The van der Waals surface area contributed by atoms with E-state index in [1.807, 2.05) is 0 Å². The highest BCUT2D eigenvalue weighted by Crippen LogP contribution is 2.13. The standard InChI is InChI=1S/C9H6N4O2/c14-8-7-5-3-1-2-4-6(5)12-13(7)9(15)11-10-8/h1-4H,(H,10,14)(H,11,15). The smallest absolute Gasteiger partial charge is 0.266 e. The minimum Gasteiger partial charge on any atom is -0.266 e. The molecule has 2 heterocycles. The number of aromatic amines is 2. The van der Waals surface area contributed by atoms with E-state index in [0.29, 0.717) is 10.9 Å². The van der Waals surface area contributed by atoms with Gasteiger partial charge in [-0.1, -0.05) is 18.2 Å². The predicted molar refractivity (Wildman–Crippen MR) is 53.9 cm³/mol. The zero-order valence-electron chi connectivity index (χ0n) is 7.52. The van der Waals surface area contributed by atoms with E-state index in [2.05, 4.69) is 15.3 Å². The van der Waals surface area contributed by atoms with Crippen LogP contribution in [-0.4, -0.2) is 19.8 Å². The summed E-state index contributed by atoms with van der Waals surface area (Å²) in [4.78, 5) is 22.9. The molecule has 6 nitrogen and oxygen atoms in total. The lowest BCUT2D eigenvalue weighted by molar-refractivity contribution is 0.802. The zero-order valence-corrected chi connectivity index (χ0v) is 7.52. The van der Waals surface area contributed by atoms with Crippen molar-refractivity contribution in [2.45, 2.75) is 0 Å². The average molecular weight is 202 g/mol. The van der Waals surface area contributed by atoms with Gasteiger partial charge in [0.25, 0.3) is 5.56 Å². The highest BCUT2D eigenvalue weighted by Gasteiger charge is 2.09. The van der Waals surface area contributed by atoms with Crippen molar-refractivity contribution in [3.8, 4) is 0 Å². The Balaban J connectivity index is 2.79. The minimum atomic E-state index is -0.458. The van der Waals surface area contributed by atoms with Crippen molar-refractivity contribution in [1.29, 1.82) is 0 Å². The van der Waals surface area contributed by atoms with Gasteiger partial charge in [0.05, 0.1) is 5.52 Å². The van der Waals surface area contributed by atoms with Crippen molar-refractivity contribution in [3.05, 3.63) is 45.1 Å². The quantitative estimate of drug-likeness (QED) is 0.532. The normalized spacial score (nSPS) is 11.2. The molecule has 0 saturated heterocycles. The van der Waals surface area contributed by atoms with Crippen molar-refractivity contribution < 1.29 is 0 Å². The van der Waals surface area contributed by atoms with Crippen LogP contribution in [-0.2, 0) is 0 Å². The number of hydrogen-bond donors (Lipinski definition) is 2. The summed E-state index contributed by atoms with van der Waals surface area (Å²) >= 11 is 0. The molecule has 3 aromatic rings. The van der Waals surface area contributed by atoms with Gasteiger partial charge in [0.15, 0.2) is 0 Å². The Hall–Kier alpha value is -2.37. The SMILES string of the molecule is O=c1[nH][nH]c(=O)n2nc3ccccc3c12. The topological polar surface area (TPSA) is 83.0 Å². The van der Waals surface area contributed by atoms with E-state index in [9.17, 15) is 9.59 Å². The van der Waals surface area contributed by atoms with Crippen molar-refractivity contribution in [2.24, 2.45) is 0 Å². The van der Waals surface area contributed by atoms with Crippen LogP contribution in [0.1, 0.15) is 0 Å². The molecule has 0 spiro atoms. The summed E-state index contributed by atoms with van der Waals surface area (Å²) < 4.78 is 1.07. The van der Waals surface area contributed by atoms with Crippen LogP contribution in [0.4, 0.5) is 0 Å². The fourth-order valence-corrected chi connectivity index (χ4v) is 1.62. The molecule has 15 heavy (non-hydrogen) atoms. The largest absolute Gasteiger partial charge is 0.361 e. The van der Waals surface area contributed by atoms with Crippen molar-refractivity contribution in [3.63, 3.8) is 0 Å². The number of hydrogen-bond acceptors (Lipinski definition) is 3. The monoisotopic (exact) mass is 202 g/mol. The van der Waals surface area contributed by atoms with Crippen LogP contribution in [0.5, 0.6) is 0 Å². The lowest BCUT2D eigenvalue weighted by Crippen LogP contribution is -2.26. The Kier molecular flexibility index (Phi) is 1.37. The highest BCUT2D eigenvalue weighted by molar-refractivity contribution is 5.93. The summed E-state index contributed by atoms with van der Waals surface area (Å²) in [6.07, 6.45) is 0. The summed E-state index contributed by atoms with van der Waals surface area (Å²) in [6.45, 7) is 0. The van der Waals surface area contributed by atoms with Gasteiger partial charge in [0, 0.05) is 5.39 Å². The molecule has 2 aromatic heterocycles. The molecule has 6 heteroatoms. The molecule has 0 fully saturated rings. The molecule has 0 aliphatic heterocycles. The summed E-state index contributed by atoms with van der Waals surface area (Å²) in [7, 11) is 0. The Bertz CT molecular complexity index is 765. The maximum Gasteiger partial charge on any atom is 0.361 e. The van der Waals surface area contributed by atoms with E-state index in [1.165, 1.54) is 0 Å². The third-order valence-electron chi connectivity index (χ3n) is 2.27. The molecule has 0 unspecified atom stereocenters. The molecule has 3 rings (SSSR count). The van der Waals surface area contributed by atoms with Crippen LogP contribution in [0.2, 0.25) is 0 Å². The third kappa shape index (κ3) is 0.954. The predicted octanol–water partition coefficient (Wildman–Crippen LogP) is -0.136. The van der Waals surface area contributed by atoms with Crippen LogP contribution in [0.3, 0.4) is 0 Å². The lowest BCUT2D eigenvalue weighted by Gasteiger charge is -1.88. The number of H-pyrrole nitrogens is 2. The summed E-state index contributed by atoms with van der Waals surface area (Å²) in [6, 6.07) is 7.11. The number of nitrogens with one attached hydrogen (secondary N) is 2. The van der Waals surface area contributed by atoms with E-state index in [-0.39, 0.29) is 11.1 Å². The summed E-state index contributed by atoms with van der Waals surface area (Å²) in [5.74, 6) is 0. The molecule has 0 bridgehead atoms. The number of benzene rings is 1. The maximum absolute atomic E-state index is 11.5. The molecule has 2 N–H and O–H groups in total. The van der Waals surface area contributed by atoms with Gasteiger partial charge in [-0.3, -0.25) is 9.89 Å². The molecular formula is C9H6N4O2. The Morgan fingerprint density at radius 2 is 1.93 bits per heavy atom. The van der Waals surface area contributed by atoms with Gasteiger partial charge < -0.3 is 0 Å². The van der Waals surface area contributed by atoms with Gasteiger partial charge in [-0.25, -0.2) is 9.89 Å². The Morgan fingerprint density at radius 3 is 2.80 bits per heavy atom. The maximum atomic E-state index is 11.5. The molecule has 0 amide bonds. The average Bonchev–Trinajstić information content (AvgIpc) is 2.64. The third-order valence-corrected chi connectivity index (χ3v) is 2.27. The fourth-order valence-electron chi connectivity index (χ4n) is 1.62. The molecule has 0 aliphatic carbocycles. The Morgan fingerprint density at radius 1 is 1.13 bits per heavy atom. The van der Waals surface area contributed by atoms with Gasteiger partial charge in [-0.05, 0) is 6.07 Å². The second-order valence-corrected chi connectivity index (χ2v) is 3.16. The minimum absolute atomic E-state index is 0.273. The van der Waals surface area contributed by atoms with Crippen LogP contribution < -0.4 is 11.2 Å². The van der Waals surface area contributed by atoms with Gasteiger partial charge in [0.1, 0.15) is 5.52 Å². The summed E-state index contributed by atoms with van der Waals surface area (Å²) in [5.41, 5.74) is 0.0816. The molecular weight excluding hydrogens is 196 g/mol. The van der Waals surface area contributed by atoms with Gasteiger partial charge in [-0.15, -0.1) is 0 Å². The first kappa shape index (κ1) is 7.98.